The molecule has 1 amide bonds. The molecule has 1 saturated carbocycles. The summed E-state index contributed by atoms with van der Waals surface area (Å²) in [6.07, 6.45) is 0.952. The topological polar surface area (TPSA) is 102 Å². The maximum absolute atomic E-state index is 12.7. The number of carbonyl (C=O) groups is 2. The smallest absolute Gasteiger partial charge is 0.330 e. The zero-order valence-electron chi connectivity index (χ0n) is 16.1. The molecule has 0 aliphatic heterocycles. The van der Waals surface area contributed by atoms with Gasteiger partial charge < -0.3 is 20.9 Å². The molecule has 1 unspecified atom stereocenters. The number of amides is 1. The molecule has 3 atom stereocenters. The number of carbonyl (C=O) groups excluding carboxylic acids is 2. The van der Waals surface area contributed by atoms with Crippen molar-refractivity contribution in [3.63, 3.8) is 0 Å². The van der Waals surface area contributed by atoms with Crippen LogP contribution in [0.25, 0.3) is 10.1 Å². The Bertz CT molecular complexity index is 964. The average Bonchev–Trinajstić information content (AvgIpc) is 3.29. The molecule has 0 bridgehead atoms. The molecule has 28 heavy (non-hydrogen) atoms. The quantitative estimate of drug-likeness (QED) is 0.526. The number of methoxy groups -OCH3 is 1. The minimum absolute atomic E-state index is 0.188. The zero-order chi connectivity index (χ0) is 20.5. The minimum atomic E-state index is -0.961. The Morgan fingerprint density at radius 3 is 2.79 bits per heavy atom. The number of nitrogens with two attached hydrogens (primary N) is 1. The van der Waals surface area contributed by atoms with Crippen molar-refractivity contribution >= 4 is 33.3 Å². The summed E-state index contributed by atoms with van der Waals surface area (Å²) in [7, 11) is 1.26. The maximum Gasteiger partial charge on any atom is 0.330 e. The van der Waals surface area contributed by atoms with Gasteiger partial charge >= 0.3 is 5.97 Å². The van der Waals surface area contributed by atoms with Crippen LogP contribution in [0.15, 0.2) is 24.3 Å². The summed E-state index contributed by atoms with van der Waals surface area (Å²) >= 11 is 1.33. The van der Waals surface area contributed by atoms with Gasteiger partial charge in [-0.1, -0.05) is 17.9 Å². The van der Waals surface area contributed by atoms with Crippen LogP contribution >= 0.6 is 11.3 Å². The van der Waals surface area contributed by atoms with Gasteiger partial charge in [-0.05, 0) is 49.8 Å². The van der Waals surface area contributed by atoms with Crippen LogP contribution in [-0.2, 0) is 9.53 Å². The van der Waals surface area contributed by atoms with Gasteiger partial charge in [0, 0.05) is 28.3 Å². The van der Waals surface area contributed by atoms with Gasteiger partial charge in [0.25, 0.3) is 5.91 Å². The number of aliphatic hydroxyl groups is 1. The van der Waals surface area contributed by atoms with Crippen LogP contribution in [0.5, 0.6) is 0 Å². The minimum Gasteiger partial charge on any atom is -0.467 e. The van der Waals surface area contributed by atoms with Gasteiger partial charge in [-0.3, -0.25) is 4.79 Å². The van der Waals surface area contributed by atoms with Crippen LogP contribution in [0, 0.1) is 23.7 Å². The predicted molar refractivity (Wildman–Crippen MR) is 109 cm³/mol. The normalized spacial score (nSPS) is 19.5. The lowest BCUT2D eigenvalue weighted by Crippen LogP contribution is -2.59. The molecule has 1 aliphatic carbocycles. The molecule has 3 rings (SSSR count). The molecule has 148 valence electrons. The maximum atomic E-state index is 12.7. The van der Waals surface area contributed by atoms with Crippen LogP contribution in [-0.4, -0.2) is 42.3 Å². The SMILES string of the molecule is COC(=O)[C@@H](NC(=O)c1cc2ccc(C#C[C@@H]3CC3CO)cc2s1)C(C)(C)N. The highest BCUT2D eigenvalue weighted by Gasteiger charge is 2.35. The average molecular weight is 401 g/mol. The van der Waals surface area contributed by atoms with E-state index in [2.05, 4.69) is 17.2 Å². The van der Waals surface area contributed by atoms with Gasteiger partial charge in [0.15, 0.2) is 0 Å². The summed E-state index contributed by atoms with van der Waals surface area (Å²) in [4.78, 5) is 25.1. The molecular formula is C21H24N2O4S. The van der Waals surface area contributed by atoms with Crippen molar-refractivity contribution in [1.29, 1.82) is 0 Å². The zero-order valence-corrected chi connectivity index (χ0v) is 16.9. The first kappa shape index (κ1) is 20.3. The number of hydrogen-bond acceptors (Lipinski definition) is 6. The van der Waals surface area contributed by atoms with E-state index in [0.29, 0.717) is 10.8 Å². The number of rotatable bonds is 5. The second kappa shape index (κ2) is 7.92. The Hall–Kier alpha value is -2.40. The molecule has 0 radical (unpaired) electrons. The summed E-state index contributed by atoms with van der Waals surface area (Å²) < 4.78 is 5.69. The molecule has 1 fully saturated rings. The summed E-state index contributed by atoms with van der Waals surface area (Å²) in [6, 6.07) is 6.63. The summed E-state index contributed by atoms with van der Waals surface area (Å²) in [6.45, 7) is 3.51. The van der Waals surface area contributed by atoms with Gasteiger partial charge in [0.2, 0.25) is 0 Å². The van der Waals surface area contributed by atoms with Crippen molar-refractivity contribution < 1.29 is 19.4 Å². The first-order valence-corrected chi connectivity index (χ1v) is 9.88. The predicted octanol–water partition coefficient (Wildman–Crippen LogP) is 1.89. The van der Waals surface area contributed by atoms with Gasteiger partial charge in [-0.2, -0.15) is 0 Å². The van der Waals surface area contributed by atoms with E-state index in [-0.39, 0.29) is 18.4 Å². The fourth-order valence-corrected chi connectivity index (χ4v) is 3.90. The van der Waals surface area contributed by atoms with Crippen LogP contribution < -0.4 is 11.1 Å². The number of hydrogen-bond donors (Lipinski definition) is 3. The van der Waals surface area contributed by atoms with Crippen LogP contribution in [0.3, 0.4) is 0 Å². The third kappa shape index (κ3) is 4.53. The van der Waals surface area contributed by atoms with E-state index in [1.54, 1.807) is 19.9 Å². The first-order chi connectivity index (χ1) is 13.2. The number of esters is 1. The number of ether oxygens (including phenoxy) is 1. The van der Waals surface area contributed by atoms with Gasteiger partial charge in [0.1, 0.15) is 6.04 Å². The van der Waals surface area contributed by atoms with Gasteiger partial charge in [-0.25, -0.2) is 4.79 Å². The molecular weight excluding hydrogens is 376 g/mol. The van der Waals surface area contributed by atoms with E-state index < -0.39 is 17.6 Å². The van der Waals surface area contributed by atoms with E-state index >= 15 is 0 Å². The molecule has 1 heterocycles. The largest absolute Gasteiger partial charge is 0.467 e. The molecule has 4 N–H and O–H groups in total. The van der Waals surface area contributed by atoms with E-state index in [9.17, 15) is 9.59 Å². The Labute approximate surface area is 168 Å². The second-order valence-corrected chi connectivity index (χ2v) is 8.75. The molecule has 1 aromatic heterocycles. The molecule has 7 heteroatoms. The van der Waals surface area contributed by atoms with Gasteiger partial charge in [-0.15, -0.1) is 11.3 Å². The van der Waals surface area contributed by atoms with Crippen LogP contribution in [0.2, 0.25) is 0 Å². The standard InChI is InChI=1S/C21H24N2O4S/c1-21(2,22)18(20(26)27-3)23-19(25)17-10-14-7-5-12(8-16(14)28-17)4-6-13-9-15(13)11-24/h5,7-8,10,13,15,18,24H,9,11,22H2,1-3H3,(H,23,25)/t13-,15?,18-/m1/s1. The second-order valence-electron chi connectivity index (χ2n) is 7.67. The summed E-state index contributed by atoms with van der Waals surface area (Å²) in [5.74, 6) is 5.96. The highest BCUT2D eigenvalue weighted by Crippen LogP contribution is 2.37. The van der Waals surface area contributed by atoms with E-state index in [0.717, 1.165) is 22.1 Å². The Morgan fingerprint density at radius 1 is 1.43 bits per heavy atom. The van der Waals surface area contributed by atoms with Crippen molar-refractivity contribution in [3.05, 3.63) is 34.7 Å². The highest BCUT2D eigenvalue weighted by atomic mass is 32.1. The lowest BCUT2D eigenvalue weighted by atomic mass is 9.96. The lowest BCUT2D eigenvalue weighted by molar-refractivity contribution is -0.144. The van der Waals surface area contributed by atoms with Crippen molar-refractivity contribution in [2.45, 2.75) is 31.8 Å². The highest BCUT2D eigenvalue weighted by molar-refractivity contribution is 7.20. The number of aliphatic hydroxyl groups excluding tert-OH is 1. The Kier molecular flexibility index (Phi) is 5.75. The number of thiophene rings is 1. The molecule has 0 saturated heterocycles. The summed E-state index contributed by atoms with van der Waals surface area (Å²) in [5, 5.41) is 12.7. The Morgan fingerprint density at radius 2 is 2.18 bits per heavy atom. The van der Waals surface area contributed by atoms with Gasteiger partial charge in [0.05, 0.1) is 12.0 Å². The van der Waals surface area contributed by atoms with Crippen molar-refractivity contribution in [1.82, 2.24) is 5.32 Å². The summed E-state index contributed by atoms with van der Waals surface area (Å²) in [5.41, 5.74) is 5.93. The van der Waals surface area contributed by atoms with Crippen molar-refractivity contribution in [2.75, 3.05) is 13.7 Å². The molecule has 2 aromatic rings. The van der Waals surface area contributed by atoms with Crippen LogP contribution in [0.1, 0.15) is 35.5 Å². The van der Waals surface area contributed by atoms with Crippen molar-refractivity contribution in [3.8, 4) is 11.8 Å². The third-order valence-electron chi connectivity index (χ3n) is 4.76. The number of benzene rings is 1. The molecule has 1 aliphatic rings. The molecule has 6 nitrogen and oxygen atoms in total. The van der Waals surface area contributed by atoms with Crippen molar-refractivity contribution in [2.24, 2.45) is 17.6 Å². The fraction of sp³-hybridized carbons (Fsp3) is 0.429. The van der Waals surface area contributed by atoms with Crippen LogP contribution in [0.4, 0.5) is 0 Å². The Balaban J connectivity index is 1.78. The lowest BCUT2D eigenvalue weighted by Gasteiger charge is -2.28. The molecule has 0 spiro atoms. The molecule has 1 aromatic carbocycles. The van der Waals surface area contributed by atoms with E-state index in [1.165, 1.54) is 18.4 Å². The number of fused-ring (bicyclic) bond motifs is 1. The third-order valence-corrected chi connectivity index (χ3v) is 5.86. The van der Waals surface area contributed by atoms with E-state index in [1.807, 2.05) is 18.2 Å². The first-order valence-electron chi connectivity index (χ1n) is 9.06. The monoisotopic (exact) mass is 400 g/mol. The van der Waals surface area contributed by atoms with E-state index in [4.69, 9.17) is 15.6 Å². The fourth-order valence-electron chi connectivity index (χ4n) is 2.89. The number of nitrogens with one attached hydrogen (secondary N) is 1.